The molecule has 0 radical (unpaired) electrons. The molecule has 28 heavy (non-hydrogen) atoms. The number of nitriles is 1. The fourth-order valence-electron chi connectivity index (χ4n) is 4.09. The molecule has 0 saturated heterocycles. The Morgan fingerprint density at radius 2 is 1.96 bits per heavy atom. The van der Waals surface area contributed by atoms with Crippen molar-refractivity contribution in [3.05, 3.63) is 64.5 Å². The Labute approximate surface area is 169 Å². The van der Waals surface area contributed by atoms with Gasteiger partial charge in [0.15, 0.2) is 0 Å². The molecule has 0 aliphatic heterocycles. The number of primary amides is 1. The predicted octanol–water partition coefficient (Wildman–Crippen LogP) is 5.21. The van der Waals surface area contributed by atoms with Crippen LogP contribution in [0.3, 0.4) is 0 Å². The van der Waals surface area contributed by atoms with Crippen LogP contribution in [0.25, 0.3) is 10.1 Å². The van der Waals surface area contributed by atoms with E-state index in [2.05, 4.69) is 35.2 Å². The van der Waals surface area contributed by atoms with Crippen molar-refractivity contribution in [2.45, 2.75) is 44.7 Å². The topological polar surface area (TPSA) is 70.1 Å². The minimum atomic E-state index is -0.375. The summed E-state index contributed by atoms with van der Waals surface area (Å²) in [6.07, 6.45) is 6.19. The number of nitrogens with two attached hydrogens (primary N) is 1. The minimum absolute atomic E-state index is 0.375. The number of anilines is 1. The Morgan fingerprint density at radius 3 is 2.71 bits per heavy atom. The first-order valence-corrected chi connectivity index (χ1v) is 10.5. The second-order valence-corrected chi connectivity index (χ2v) is 8.51. The van der Waals surface area contributed by atoms with E-state index >= 15 is 0 Å². The zero-order valence-electron chi connectivity index (χ0n) is 15.7. The maximum Gasteiger partial charge on any atom is 0.258 e. The van der Waals surface area contributed by atoms with Crippen molar-refractivity contribution in [3.8, 4) is 6.07 Å². The van der Waals surface area contributed by atoms with Crippen LogP contribution < -0.4 is 10.6 Å². The first-order valence-electron chi connectivity index (χ1n) is 9.73. The molecule has 1 heterocycles. The highest BCUT2D eigenvalue weighted by Crippen LogP contribution is 2.33. The molecular formula is C23H23N3OS. The lowest BCUT2D eigenvalue weighted by Crippen LogP contribution is -2.36. The van der Waals surface area contributed by atoms with Crippen LogP contribution >= 0.6 is 11.3 Å². The van der Waals surface area contributed by atoms with E-state index in [1.54, 1.807) is 0 Å². The van der Waals surface area contributed by atoms with Crippen LogP contribution in [0.15, 0.2) is 48.5 Å². The first kappa shape index (κ1) is 18.5. The predicted molar refractivity (Wildman–Crippen MR) is 115 cm³/mol. The fraction of sp³-hybridized carbons (Fsp3) is 0.304. The van der Waals surface area contributed by atoms with Crippen molar-refractivity contribution in [1.29, 1.82) is 5.26 Å². The van der Waals surface area contributed by atoms with Gasteiger partial charge >= 0.3 is 0 Å². The van der Waals surface area contributed by atoms with Gasteiger partial charge in [0, 0.05) is 23.0 Å². The Morgan fingerprint density at radius 1 is 1.14 bits per heavy atom. The van der Waals surface area contributed by atoms with Gasteiger partial charge in [0.25, 0.3) is 5.91 Å². The largest absolute Gasteiger partial charge is 0.365 e. The van der Waals surface area contributed by atoms with Gasteiger partial charge in [-0.2, -0.15) is 5.26 Å². The summed E-state index contributed by atoms with van der Waals surface area (Å²) < 4.78 is 1.08. The normalized spacial score (nSPS) is 14.7. The molecule has 3 aromatic rings. The van der Waals surface area contributed by atoms with E-state index in [0.717, 1.165) is 27.9 Å². The van der Waals surface area contributed by atoms with Gasteiger partial charge in [0.2, 0.25) is 0 Å². The van der Waals surface area contributed by atoms with E-state index in [1.165, 1.54) is 43.4 Å². The summed E-state index contributed by atoms with van der Waals surface area (Å²) in [6, 6.07) is 18.9. The zero-order chi connectivity index (χ0) is 19.5. The molecule has 4 rings (SSSR count). The average molecular weight is 390 g/mol. The standard InChI is InChI=1S/C23H23N3OS/c24-14-16-5-4-6-17(11-16)15-26(19-7-2-1-3-8-19)20-9-10-21-18(12-20)13-22(28-21)23(25)27/h4-6,9-13,19H,1-3,7-8,15H2,(H2,25,27). The van der Waals surface area contributed by atoms with Crippen LogP contribution in [0.4, 0.5) is 5.69 Å². The number of hydrogen-bond acceptors (Lipinski definition) is 4. The molecule has 1 fully saturated rings. The molecule has 1 aromatic heterocycles. The summed E-state index contributed by atoms with van der Waals surface area (Å²) in [6.45, 7) is 0.776. The van der Waals surface area contributed by atoms with Crippen molar-refractivity contribution in [2.75, 3.05) is 4.90 Å². The summed E-state index contributed by atoms with van der Waals surface area (Å²) in [5, 5.41) is 10.3. The number of thiophene rings is 1. The number of hydrogen-bond donors (Lipinski definition) is 1. The van der Waals surface area contributed by atoms with Crippen molar-refractivity contribution in [2.24, 2.45) is 5.73 Å². The summed E-state index contributed by atoms with van der Waals surface area (Å²) in [4.78, 5) is 14.6. The highest BCUT2D eigenvalue weighted by atomic mass is 32.1. The van der Waals surface area contributed by atoms with Gasteiger partial charge in [-0.05, 0) is 60.2 Å². The van der Waals surface area contributed by atoms with Gasteiger partial charge in [-0.3, -0.25) is 4.79 Å². The summed E-state index contributed by atoms with van der Waals surface area (Å²) in [5.41, 5.74) is 8.46. The number of carbonyl (C=O) groups is 1. The third-order valence-corrected chi connectivity index (χ3v) is 6.63. The van der Waals surface area contributed by atoms with Crippen molar-refractivity contribution in [3.63, 3.8) is 0 Å². The molecule has 5 heteroatoms. The lowest BCUT2D eigenvalue weighted by atomic mass is 9.93. The van der Waals surface area contributed by atoms with Crippen LogP contribution in [-0.4, -0.2) is 11.9 Å². The van der Waals surface area contributed by atoms with Crippen LogP contribution in [-0.2, 0) is 6.54 Å². The zero-order valence-corrected chi connectivity index (χ0v) is 16.5. The van der Waals surface area contributed by atoms with Crippen molar-refractivity contribution >= 4 is 33.0 Å². The van der Waals surface area contributed by atoms with E-state index < -0.39 is 0 Å². The number of amides is 1. The summed E-state index contributed by atoms with van der Waals surface area (Å²) in [7, 11) is 0. The first-order chi connectivity index (χ1) is 13.6. The van der Waals surface area contributed by atoms with Crippen LogP contribution in [0, 0.1) is 11.3 Å². The van der Waals surface area contributed by atoms with Gasteiger partial charge < -0.3 is 10.6 Å². The quantitative estimate of drug-likeness (QED) is 0.651. The average Bonchev–Trinajstić information content (AvgIpc) is 3.16. The van der Waals surface area contributed by atoms with Gasteiger partial charge in [0.05, 0.1) is 16.5 Å². The van der Waals surface area contributed by atoms with Crippen LogP contribution in [0.2, 0.25) is 0 Å². The highest BCUT2D eigenvalue weighted by molar-refractivity contribution is 7.20. The molecule has 1 amide bonds. The molecule has 4 nitrogen and oxygen atoms in total. The number of fused-ring (bicyclic) bond motifs is 1. The van der Waals surface area contributed by atoms with Crippen molar-refractivity contribution < 1.29 is 4.79 Å². The Kier molecular flexibility index (Phi) is 5.31. The van der Waals surface area contributed by atoms with Gasteiger partial charge in [-0.15, -0.1) is 11.3 Å². The molecule has 0 atom stereocenters. The van der Waals surface area contributed by atoms with Crippen LogP contribution in [0.1, 0.15) is 52.9 Å². The molecule has 2 aromatic carbocycles. The number of nitrogens with zero attached hydrogens (tertiary/aromatic N) is 2. The Hall–Kier alpha value is -2.84. The van der Waals surface area contributed by atoms with Gasteiger partial charge in [0.1, 0.15) is 0 Å². The van der Waals surface area contributed by atoms with E-state index in [9.17, 15) is 10.1 Å². The second-order valence-electron chi connectivity index (χ2n) is 7.43. The molecule has 0 unspecified atom stereocenters. The molecule has 1 aliphatic carbocycles. The SMILES string of the molecule is N#Cc1cccc(CN(c2ccc3sc(C(N)=O)cc3c2)C2CCCCC2)c1. The van der Waals surface area contributed by atoms with E-state index in [-0.39, 0.29) is 5.91 Å². The summed E-state index contributed by atoms with van der Waals surface area (Å²) >= 11 is 1.44. The minimum Gasteiger partial charge on any atom is -0.365 e. The third kappa shape index (κ3) is 3.88. The van der Waals surface area contributed by atoms with Crippen molar-refractivity contribution in [1.82, 2.24) is 0 Å². The summed E-state index contributed by atoms with van der Waals surface area (Å²) in [5.74, 6) is -0.375. The smallest absolute Gasteiger partial charge is 0.258 e. The Balaban J connectivity index is 1.70. The molecule has 142 valence electrons. The molecule has 0 spiro atoms. The maximum atomic E-state index is 11.5. The molecule has 1 saturated carbocycles. The molecule has 2 N–H and O–H groups in total. The molecule has 0 bridgehead atoms. The molecular weight excluding hydrogens is 366 g/mol. The number of benzene rings is 2. The number of carbonyl (C=O) groups excluding carboxylic acids is 1. The van der Waals surface area contributed by atoms with Gasteiger partial charge in [-0.1, -0.05) is 31.4 Å². The van der Waals surface area contributed by atoms with Crippen LogP contribution in [0.5, 0.6) is 0 Å². The number of rotatable bonds is 5. The lowest BCUT2D eigenvalue weighted by molar-refractivity contribution is 0.100. The maximum absolute atomic E-state index is 11.5. The van der Waals surface area contributed by atoms with E-state index in [1.807, 2.05) is 24.3 Å². The fourth-order valence-corrected chi connectivity index (χ4v) is 4.99. The molecule has 1 aliphatic rings. The monoisotopic (exact) mass is 389 g/mol. The lowest BCUT2D eigenvalue weighted by Gasteiger charge is -2.36. The van der Waals surface area contributed by atoms with Gasteiger partial charge in [-0.25, -0.2) is 0 Å². The second kappa shape index (κ2) is 8.04. The third-order valence-electron chi connectivity index (χ3n) is 5.50. The highest BCUT2D eigenvalue weighted by Gasteiger charge is 2.22. The Bertz CT molecular complexity index is 1040. The van der Waals surface area contributed by atoms with E-state index in [4.69, 9.17) is 5.73 Å². The van der Waals surface area contributed by atoms with E-state index in [0.29, 0.717) is 16.5 Å².